The average Bonchev–Trinajstić information content (AvgIpc) is 3.02. The Kier molecular flexibility index (Phi) is 6.04. The van der Waals surface area contributed by atoms with Gasteiger partial charge in [-0.15, -0.1) is 22.9 Å². The summed E-state index contributed by atoms with van der Waals surface area (Å²) >= 11 is 6.43. The molecule has 1 aromatic rings. The quantitative estimate of drug-likeness (QED) is 0.259. The monoisotopic (exact) mass is 377 g/mol. The normalized spacial score (nSPS) is 20.0. The highest BCUT2D eigenvalue weighted by atomic mass is 35.5. The lowest BCUT2D eigenvalue weighted by molar-refractivity contribution is -0.135. The van der Waals surface area contributed by atoms with Crippen LogP contribution in [-0.2, 0) is 19.2 Å². The number of nitrogens with zero attached hydrogens (tertiary/aromatic N) is 2. The molecule has 12 heteroatoms. The van der Waals surface area contributed by atoms with Gasteiger partial charge in [-0.1, -0.05) is 5.16 Å². The summed E-state index contributed by atoms with van der Waals surface area (Å²) in [5, 5.41) is 12.4. The molecule has 0 bridgehead atoms. The van der Waals surface area contributed by atoms with E-state index in [1.165, 1.54) is 12.5 Å². The van der Waals surface area contributed by atoms with Gasteiger partial charge < -0.3 is 20.8 Å². The molecular formula is C12H13ClFN5O4S. The van der Waals surface area contributed by atoms with E-state index in [1.807, 2.05) is 0 Å². The summed E-state index contributed by atoms with van der Waals surface area (Å²) in [5.74, 6) is -1.94. The minimum Gasteiger partial charge on any atom is -0.398 e. The first-order chi connectivity index (χ1) is 11.5. The van der Waals surface area contributed by atoms with Crippen molar-refractivity contribution in [1.29, 1.82) is 0 Å². The van der Waals surface area contributed by atoms with E-state index in [4.69, 9.17) is 11.6 Å². The molecule has 2 heterocycles. The molecule has 0 aliphatic carbocycles. The van der Waals surface area contributed by atoms with Gasteiger partial charge in [0.2, 0.25) is 11.8 Å². The molecule has 0 saturated carbocycles. The minimum absolute atomic E-state index is 0.126. The molecule has 0 unspecified atom stereocenters. The maximum absolute atomic E-state index is 12.7. The van der Waals surface area contributed by atoms with Gasteiger partial charge in [-0.2, -0.15) is 0 Å². The second-order valence-corrected chi connectivity index (χ2v) is 5.69. The zero-order chi connectivity index (χ0) is 17.7. The van der Waals surface area contributed by atoms with Crippen molar-refractivity contribution in [2.24, 2.45) is 5.16 Å². The molecule has 9 nitrogen and oxygen atoms in total. The number of alkyl halides is 2. The van der Waals surface area contributed by atoms with Crippen LogP contribution in [0.2, 0.25) is 0 Å². The predicted molar refractivity (Wildman–Crippen MR) is 84.8 cm³/mol. The lowest BCUT2D eigenvalue weighted by Crippen LogP contribution is -2.70. The summed E-state index contributed by atoms with van der Waals surface area (Å²) in [6.45, 7) is -0.807. The van der Waals surface area contributed by atoms with E-state index in [-0.39, 0.29) is 22.4 Å². The Balaban J connectivity index is 2.11. The number of hydrogen-bond acceptors (Lipinski definition) is 7. The van der Waals surface area contributed by atoms with E-state index < -0.39 is 36.5 Å². The Hall–Kier alpha value is -2.27. The fourth-order valence-corrected chi connectivity index (χ4v) is 2.61. The first-order valence-corrected chi connectivity index (χ1v) is 8.01. The standard InChI is InChI=1S/C12H13ClFN5O4S/c1-23-19-9(6-4-24-12(16-6)17-7(20)2-13)11(22)18-8-5(3-14)15-10(8)21/h4-5,8H,2-3H2,1H3,(H,15,21)(H,18,22)(H,16,17,20)/b19-9-/t5-,8+/m0/s1. The van der Waals surface area contributed by atoms with E-state index in [0.29, 0.717) is 0 Å². The van der Waals surface area contributed by atoms with Gasteiger partial charge >= 0.3 is 0 Å². The van der Waals surface area contributed by atoms with Gasteiger partial charge in [-0.3, -0.25) is 14.4 Å². The van der Waals surface area contributed by atoms with Crippen LogP contribution in [0.4, 0.5) is 9.52 Å². The average molecular weight is 378 g/mol. The van der Waals surface area contributed by atoms with E-state index in [0.717, 1.165) is 11.3 Å². The van der Waals surface area contributed by atoms with Crippen molar-refractivity contribution in [3.63, 3.8) is 0 Å². The Morgan fingerprint density at radius 2 is 2.33 bits per heavy atom. The first-order valence-electron chi connectivity index (χ1n) is 6.60. The summed E-state index contributed by atoms with van der Waals surface area (Å²) in [4.78, 5) is 43.5. The summed E-state index contributed by atoms with van der Waals surface area (Å²) in [6, 6.07) is -1.77. The summed E-state index contributed by atoms with van der Waals surface area (Å²) in [6.07, 6.45) is 0. The van der Waals surface area contributed by atoms with Crippen LogP contribution in [0.1, 0.15) is 5.69 Å². The van der Waals surface area contributed by atoms with Crippen molar-refractivity contribution >= 4 is 51.5 Å². The van der Waals surface area contributed by atoms with Crippen LogP contribution in [0.25, 0.3) is 0 Å². The van der Waals surface area contributed by atoms with Gasteiger partial charge in [0.05, 0.1) is 6.04 Å². The number of carbonyl (C=O) groups is 3. The van der Waals surface area contributed by atoms with Gasteiger partial charge in [0.25, 0.3) is 5.91 Å². The van der Waals surface area contributed by atoms with Crippen LogP contribution < -0.4 is 16.0 Å². The van der Waals surface area contributed by atoms with Crippen LogP contribution in [0.5, 0.6) is 0 Å². The SMILES string of the molecule is CO/N=C(\C(=O)N[C@H]1C(=O)N[C@H]1CF)c1csc(NC(=O)CCl)n1. The van der Waals surface area contributed by atoms with Gasteiger partial charge in [0.15, 0.2) is 10.8 Å². The van der Waals surface area contributed by atoms with E-state index in [1.54, 1.807) is 0 Å². The number of carbonyl (C=O) groups excluding carboxylic acids is 3. The number of nitrogens with one attached hydrogen (secondary N) is 3. The Morgan fingerprint density at radius 3 is 2.92 bits per heavy atom. The van der Waals surface area contributed by atoms with Crippen molar-refractivity contribution in [2.45, 2.75) is 12.1 Å². The Bertz CT molecular complexity index is 682. The molecule has 3 amide bonds. The maximum Gasteiger partial charge on any atom is 0.276 e. The fraction of sp³-hybridized carbons (Fsp3) is 0.417. The van der Waals surface area contributed by atoms with Crippen LogP contribution in [0.3, 0.4) is 0 Å². The molecule has 0 aromatic carbocycles. The van der Waals surface area contributed by atoms with E-state index in [2.05, 4.69) is 30.9 Å². The van der Waals surface area contributed by atoms with Crippen LogP contribution >= 0.6 is 22.9 Å². The molecule has 24 heavy (non-hydrogen) atoms. The molecule has 0 spiro atoms. The highest BCUT2D eigenvalue weighted by Gasteiger charge is 2.41. The van der Waals surface area contributed by atoms with Crippen molar-refractivity contribution in [3.8, 4) is 0 Å². The minimum atomic E-state index is -0.987. The number of hydrogen-bond donors (Lipinski definition) is 3. The van der Waals surface area contributed by atoms with Crippen molar-refractivity contribution < 1.29 is 23.6 Å². The van der Waals surface area contributed by atoms with E-state index >= 15 is 0 Å². The molecule has 1 aliphatic rings. The molecule has 3 N–H and O–H groups in total. The lowest BCUT2D eigenvalue weighted by atomic mass is 10.00. The van der Waals surface area contributed by atoms with Gasteiger partial charge in [-0.05, 0) is 0 Å². The Labute approximate surface area is 144 Å². The smallest absolute Gasteiger partial charge is 0.276 e. The van der Waals surface area contributed by atoms with Crippen LogP contribution in [0, 0.1) is 0 Å². The van der Waals surface area contributed by atoms with Gasteiger partial charge in [0.1, 0.15) is 31.4 Å². The lowest BCUT2D eigenvalue weighted by Gasteiger charge is -2.35. The molecule has 1 saturated heterocycles. The number of anilines is 1. The predicted octanol–water partition coefficient (Wildman–Crippen LogP) is -0.376. The largest absolute Gasteiger partial charge is 0.398 e. The third-order valence-corrected chi connectivity index (χ3v) is 3.98. The maximum atomic E-state index is 12.7. The molecule has 0 radical (unpaired) electrons. The number of amides is 3. The van der Waals surface area contributed by atoms with E-state index in [9.17, 15) is 18.8 Å². The molecule has 2 rings (SSSR count). The molecule has 1 aromatic heterocycles. The summed E-state index contributed by atoms with van der Waals surface area (Å²) in [7, 11) is 1.23. The molecule has 1 fully saturated rings. The van der Waals surface area contributed by atoms with Gasteiger partial charge in [0, 0.05) is 5.38 Å². The van der Waals surface area contributed by atoms with Gasteiger partial charge in [-0.25, -0.2) is 9.37 Å². The third kappa shape index (κ3) is 3.97. The number of thiazole rings is 1. The first kappa shape index (κ1) is 18.1. The second-order valence-electron chi connectivity index (χ2n) is 4.56. The van der Waals surface area contributed by atoms with Crippen LogP contribution in [0.15, 0.2) is 10.5 Å². The second kappa shape index (κ2) is 8.02. The molecular weight excluding hydrogens is 365 g/mol. The van der Waals surface area contributed by atoms with Crippen molar-refractivity contribution in [1.82, 2.24) is 15.6 Å². The molecule has 130 valence electrons. The highest BCUT2D eigenvalue weighted by Crippen LogP contribution is 2.17. The third-order valence-electron chi connectivity index (χ3n) is 2.98. The number of β-lactam (4-membered cyclic amide) rings is 1. The Morgan fingerprint density at radius 1 is 1.58 bits per heavy atom. The van der Waals surface area contributed by atoms with Crippen molar-refractivity contribution in [3.05, 3.63) is 11.1 Å². The number of rotatable bonds is 7. The highest BCUT2D eigenvalue weighted by molar-refractivity contribution is 7.14. The number of halogens is 2. The topological polar surface area (TPSA) is 122 Å². The summed E-state index contributed by atoms with van der Waals surface area (Å²) in [5.41, 5.74) is -0.0850. The fourth-order valence-electron chi connectivity index (χ4n) is 1.83. The number of aromatic nitrogens is 1. The molecule has 2 atom stereocenters. The van der Waals surface area contributed by atoms with Crippen LogP contribution in [-0.4, -0.2) is 60.2 Å². The number of oxime groups is 1. The van der Waals surface area contributed by atoms with Crippen molar-refractivity contribution in [2.75, 3.05) is 25.0 Å². The zero-order valence-corrected chi connectivity index (χ0v) is 13.9. The molecule has 1 aliphatic heterocycles. The summed E-state index contributed by atoms with van der Waals surface area (Å²) < 4.78 is 12.7. The zero-order valence-electron chi connectivity index (χ0n) is 12.3.